The lowest BCUT2D eigenvalue weighted by Crippen LogP contribution is -2.49. The number of anilines is 1. The third kappa shape index (κ3) is 2.82. The number of hydrogen-bond donors (Lipinski definition) is 1. The van der Waals surface area contributed by atoms with Crippen LogP contribution in [0.5, 0.6) is 5.75 Å². The Kier molecular flexibility index (Phi) is 4.40. The van der Waals surface area contributed by atoms with Gasteiger partial charge in [0.1, 0.15) is 12.3 Å². The van der Waals surface area contributed by atoms with Crippen molar-refractivity contribution in [2.45, 2.75) is 19.4 Å². The fourth-order valence-electron chi connectivity index (χ4n) is 2.08. The van der Waals surface area contributed by atoms with E-state index in [0.29, 0.717) is 24.4 Å². The number of amides is 2. The first-order valence-electron chi connectivity index (χ1n) is 6.62. The summed E-state index contributed by atoms with van der Waals surface area (Å²) in [5, 5.41) is 2.67. The lowest BCUT2D eigenvalue weighted by atomic mass is 10.1. The van der Waals surface area contributed by atoms with Gasteiger partial charge in [-0.15, -0.1) is 6.58 Å². The Morgan fingerprint density at radius 1 is 1.50 bits per heavy atom. The highest BCUT2D eigenvalue weighted by Gasteiger charge is 2.33. The lowest BCUT2D eigenvalue weighted by molar-refractivity contribution is -0.128. The van der Waals surface area contributed by atoms with Gasteiger partial charge in [-0.2, -0.15) is 0 Å². The van der Waals surface area contributed by atoms with E-state index in [1.807, 2.05) is 19.1 Å². The average Bonchev–Trinajstić information content (AvgIpc) is 2.47. The Balaban J connectivity index is 2.22. The number of para-hydroxylation sites is 2. The van der Waals surface area contributed by atoms with Crippen molar-refractivity contribution in [2.24, 2.45) is 0 Å². The van der Waals surface area contributed by atoms with Gasteiger partial charge in [-0.3, -0.25) is 14.5 Å². The van der Waals surface area contributed by atoms with Crippen molar-refractivity contribution < 1.29 is 14.3 Å². The standard InChI is InChI=1S/C15H18N2O3/c1-3-9-16-14(18)10-17-11-7-5-6-8-13(11)20-12(4-2)15(17)19/h3,5-8,12H,1,4,9-10H2,2H3,(H,16,18). The summed E-state index contributed by atoms with van der Waals surface area (Å²) in [5.41, 5.74) is 0.635. The van der Waals surface area contributed by atoms with E-state index in [1.165, 1.54) is 4.90 Å². The summed E-state index contributed by atoms with van der Waals surface area (Å²) in [6.07, 6.45) is 1.64. The molecule has 1 N–H and O–H groups in total. The predicted molar refractivity (Wildman–Crippen MR) is 76.7 cm³/mol. The van der Waals surface area contributed by atoms with Crippen LogP contribution in [0.3, 0.4) is 0 Å². The SMILES string of the molecule is C=CCNC(=O)CN1C(=O)C(CC)Oc2ccccc21. The summed E-state index contributed by atoms with van der Waals surface area (Å²) >= 11 is 0. The molecule has 2 amide bonds. The average molecular weight is 274 g/mol. The zero-order chi connectivity index (χ0) is 14.5. The molecule has 1 aliphatic heterocycles. The van der Waals surface area contributed by atoms with E-state index in [1.54, 1.807) is 18.2 Å². The molecule has 0 saturated heterocycles. The maximum atomic E-state index is 12.3. The number of nitrogens with one attached hydrogen (secondary N) is 1. The minimum absolute atomic E-state index is 0.0104. The number of carbonyl (C=O) groups is 2. The van der Waals surface area contributed by atoms with Gasteiger partial charge in [0.2, 0.25) is 5.91 Å². The van der Waals surface area contributed by atoms with E-state index in [4.69, 9.17) is 4.74 Å². The summed E-state index contributed by atoms with van der Waals surface area (Å²) in [5.74, 6) is 0.236. The molecule has 0 aromatic heterocycles. The molecule has 0 fully saturated rings. The predicted octanol–water partition coefficient (Wildman–Crippen LogP) is 1.49. The normalized spacial score (nSPS) is 17.1. The monoisotopic (exact) mass is 274 g/mol. The summed E-state index contributed by atoms with van der Waals surface area (Å²) in [6.45, 7) is 5.80. The largest absolute Gasteiger partial charge is 0.478 e. The van der Waals surface area contributed by atoms with Crippen molar-refractivity contribution >= 4 is 17.5 Å². The first kappa shape index (κ1) is 14.1. The second-order valence-corrected chi connectivity index (χ2v) is 4.50. The van der Waals surface area contributed by atoms with Crippen molar-refractivity contribution in [3.63, 3.8) is 0 Å². The molecule has 0 aliphatic carbocycles. The molecule has 20 heavy (non-hydrogen) atoms. The molecular weight excluding hydrogens is 256 g/mol. The molecule has 5 heteroatoms. The lowest BCUT2D eigenvalue weighted by Gasteiger charge is -2.33. The van der Waals surface area contributed by atoms with Crippen LogP contribution < -0.4 is 15.0 Å². The molecule has 0 saturated carbocycles. The van der Waals surface area contributed by atoms with E-state index in [2.05, 4.69) is 11.9 Å². The number of fused-ring (bicyclic) bond motifs is 1. The smallest absolute Gasteiger partial charge is 0.268 e. The topological polar surface area (TPSA) is 58.6 Å². The summed E-state index contributed by atoms with van der Waals surface area (Å²) < 4.78 is 5.65. The summed E-state index contributed by atoms with van der Waals surface area (Å²) in [7, 11) is 0. The Hall–Kier alpha value is -2.30. The van der Waals surface area contributed by atoms with Crippen LogP contribution in [-0.2, 0) is 9.59 Å². The van der Waals surface area contributed by atoms with E-state index in [0.717, 1.165) is 0 Å². The molecule has 1 aromatic carbocycles. The van der Waals surface area contributed by atoms with Gasteiger partial charge in [0.15, 0.2) is 6.10 Å². The second-order valence-electron chi connectivity index (χ2n) is 4.50. The first-order chi connectivity index (χ1) is 9.67. The molecule has 1 unspecified atom stereocenters. The van der Waals surface area contributed by atoms with Crippen LogP contribution in [0.25, 0.3) is 0 Å². The van der Waals surface area contributed by atoms with Gasteiger partial charge in [0, 0.05) is 6.54 Å². The summed E-state index contributed by atoms with van der Waals surface area (Å²) in [4.78, 5) is 25.6. The van der Waals surface area contributed by atoms with Crippen LogP contribution in [0.1, 0.15) is 13.3 Å². The van der Waals surface area contributed by atoms with Gasteiger partial charge in [-0.1, -0.05) is 25.1 Å². The highest BCUT2D eigenvalue weighted by atomic mass is 16.5. The van der Waals surface area contributed by atoms with Crippen LogP contribution in [0.4, 0.5) is 5.69 Å². The van der Waals surface area contributed by atoms with E-state index >= 15 is 0 Å². The molecule has 1 aromatic rings. The maximum Gasteiger partial charge on any atom is 0.268 e. The van der Waals surface area contributed by atoms with Crippen molar-refractivity contribution in [2.75, 3.05) is 18.0 Å². The molecule has 1 atom stereocenters. The Bertz CT molecular complexity index is 528. The Morgan fingerprint density at radius 3 is 2.95 bits per heavy atom. The number of nitrogens with zero attached hydrogens (tertiary/aromatic N) is 1. The molecule has 0 spiro atoms. The van der Waals surface area contributed by atoms with Gasteiger partial charge < -0.3 is 10.1 Å². The van der Waals surface area contributed by atoms with E-state index in [9.17, 15) is 9.59 Å². The maximum absolute atomic E-state index is 12.3. The number of rotatable bonds is 5. The minimum Gasteiger partial charge on any atom is -0.478 e. The van der Waals surface area contributed by atoms with Crippen LogP contribution in [0, 0.1) is 0 Å². The molecular formula is C15H18N2O3. The van der Waals surface area contributed by atoms with Crippen LogP contribution >= 0.6 is 0 Å². The third-order valence-electron chi connectivity index (χ3n) is 3.08. The Labute approximate surface area is 118 Å². The van der Waals surface area contributed by atoms with Crippen LogP contribution in [0.2, 0.25) is 0 Å². The van der Waals surface area contributed by atoms with E-state index in [-0.39, 0.29) is 18.4 Å². The molecule has 5 nitrogen and oxygen atoms in total. The zero-order valence-electron chi connectivity index (χ0n) is 11.5. The van der Waals surface area contributed by atoms with Crippen molar-refractivity contribution in [1.82, 2.24) is 5.32 Å². The molecule has 106 valence electrons. The number of carbonyl (C=O) groups excluding carboxylic acids is 2. The van der Waals surface area contributed by atoms with Gasteiger partial charge in [0.25, 0.3) is 5.91 Å². The zero-order valence-corrected chi connectivity index (χ0v) is 11.5. The van der Waals surface area contributed by atoms with Crippen molar-refractivity contribution in [3.05, 3.63) is 36.9 Å². The third-order valence-corrected chi connectivity index (χ3v) is 3.08. The molecule has 1 heterocycles. The molecule has 2 rings (SSSR count). The van der Waals surface area contributed by atoms with Crippen LogP contribution in [0.15, 0.2) is 36.9 Å². The summed E-state index contributed by atoms with van der Waals surface area (Å²) in [6, 6.07) is 7.24. The second kappa shape index (κ2) is 6.23. The number of ether oxygens (including phenoxy) is 1. The minimum atomic E-state index is -0.530. The fourth-order valence-corrected chi connectivity index (χ4v) is 2.08. The van der Waals surface area contributed by atoms with E-state index < -0.39 is 6.10 Å². The van der Waals surface area contributed by atoms with Crippen LogP contribution in [-0.4, -0.2) is 31.0 Å². The Morgan fingerprint density at radius 2 is 2.25 bits per heavy atom. The quantitative estimate of drug-likeness (QED) is 0.828. The van der Waals surface area contributed by atoms with Crippen molar-refractivity contribution in [3.8, 4) is 5.75 Å². The molecule has 0 radical (unpaired) electrons. The fraction of sp³-hybridized carbons (Fsp3) is 0.333. The van der Waals surface area contributed by atoms with Gasteiger partial charge in [-0.05, 0) is 18.6 Å². The first-order valence-corrected chi connectivity index (χ1v) is 6.62. The highest BCUT2D eigenvalue weighted by molar-refractivity contribution is 6.03. The number of benzene rings is 1. The highest BCUT2D eigenvalue weighted by Crippen LogP contribution is 2.34. The van der Waals surface area contributed by atoms with Gasteiger partial charge in [0.05, 0.1) is 5.69 Å². The van der Waals surface area contributed by atoms with Crippen molar-refractivity contribution in [1.29, 1.82) is 0 Å². The number of hydrogen-bond acceptors (Lipinski definition) is 3. The molecule has 1 aliphatic rings. The molecule has 0 bridgehead atoms. The van der Waals surface area contributed by atoms with Gasteiger partial charge in [-0.25, -0.2) is 0 Å². The van der Waals surface area contributed by atoms with Gasteiger partial charge >= 0.3 is 0 Å².